The molecule has 0 atom stereocenters. The standard InChI is InChI=1S/C19H31N3/c1-3-4-5-6-7-22-14(2)20-21-18(22)19-11-15-8-16(12-19)10-17(9-15)13-19/h15-17H,3-13H2,1-2H3. The van der Waals surface area contributed by atoms with E-state index in [1.807, 2.05) is 0 Å². The van der Waals surface area contributed by atoms with E-state index in [1.165, 1.54) is 70.0 Å². The van der Waals surface area contributed by atoms with Crippen LogP contribution in [0.2, 0.25) is 0 Å². The smallest absolute Gasteiger partial charge is 0.139 e. The summed E-state index contributed by atoms with van der Waals surface area (Å²) >= 11 is 0. The van der Waals surface area contributed by atoms with Crippen molar-refractivity contribution in [2.24, 2.45) is 17.8 Å². The Hall–Kier alpha value is -0.860. The van der Waals surface area contributed by atoms with E-state index in [9.17, 15) is 0 Å². The lowest BCUT2D eigenvalue weighted by atomic mass is 9.49. The van der Waals surface area contributed by atoms with Gasteiger partial charge in [-0.15, -0.1) is 10.2 Å². The van der Waals surface area contributed by atoms with Crippen LogP contribution in [0.15, 0.2) is 0 Å². The Balaban J connectivity index is 1.57. The summed E-state index contributed by atoms with van der Waals surface area (Å²) in [5.41, 5.74) is 0.390. The molecule has 5 rings (SSSR count). The molecular formula is C19H31N3. The summed E-state index contributed by atoms with van der Waals surface area (Å²) in [4.78, 5) is 0. The second kappa shape index (κ2) is 5.65. The molecule has 0 spiro atoms. The minimum absolute atomic E-state index is 0.390. The maximum absolute atomic E-state index is 4.72. The lowest BCUT2D eigenvalue weighted by Crippen LogP contribution is -2.49. The van der Waals surface area contributed by atoms with Crippen molar-refractivity contribution in [2.75, 3.05) is 0 Å². The van der Waals surface area contributed by atoms with Crippen molar-refractivity contribution in [3.05, 3.63) is 11.6 Å². The molecule has 0 aliphatic heterocycles. The first-order chi connectivity index (χ1) is 10.7. The molecule has 0 unspecified atom stereocenters. The first-order valence-electron chi connectivity index (χ1n) is 9.60. The third kappa shape index (κ3) is 2.41. The molecule has 1 aromatic heterocycles. The zero-order valence-electron chi connectivity index (χ0n) is 14.4. The first kappa shape index (κ1) is 14.7. The molecule has 4 saturated carbocycles. The molecular weight excluding hydrogens is 270 g/mol. The monoisotopic (exact) mass is 301 g/mol. The van der Waals surface area contributed by atoms with E-state index >= 15 is 0 Å². The van der Waals surface area contributed by atoms with Crippen molar-refractivity contribution in [3.8, 4) is 0 Å². The van der Waals surface area contributed by atoms with Crippen LogP contribution in [0.4, 0.5) is 0 Å². The molecule has 0 N–H and O–H groups in total. The van der Waals surface area contributed by atoms with Gasteiger partial charge in [-0.2, -0.15) is 0 Å². The van der Waals surface area contributed by atoms with Crippen LogP contribution in [-0.4, -0.2) is 14.8 Å². The van der Waals surface area contributed by atoms with E-state index in [1.54, 1.807) is 0 Å². The van der Waals surface area contributed by atoms with E-state index in [-0.39, 0.29) is 0 Å². The second-order valence-corrected chi connectivity index (χ2v) is 8.48. The maximum atomic E-state index is 4.72. The lowest BCUT2D eigenvalue weighted by Gasteiger charge is -2.56. The number of rotatable bonds is 6. The third-order valence-corrected chi connectivity index (χ3v) is 6.68. The van der Waals surface area contributed by atoms with Gasteiger partial charge in [0.15, 0.2) is 0 Å². The number of aryl methyl sites for hydroxylation is 1. The topological polar surface area (TPSA) is 30.7 Å². The van der Waals surface area contributed by atoms with E-state index in [0.29, 0.717) is 5.41 Å². The molecule has 1 heterocycles. The average molecular weight is 301 g/mol. The van der Waals surface area contributed by atoms with Crippen LogP contribution in [0.5, 0.6) is 0 Å². The summed E-state index contributed by atoms with van der Waals surface area (Å²) in [7, 11) is 0. The van der Waals surface area contributed by atoms with E-state index in [0.717, 1.165) is 30.1 Å². The summed E-state index contributed by atoms with van der Waals surface area (Å²) in [6.07, 6.45) is 14.0. The highest BCUT2D eigenvalue weighted by Crippen LogP contribution is 2.60. The molecule has 4 bridgehead atoms. The Morgan fingerprint density at radius 2 is 1.59 bits per heavy atom. The fourth-order valence-corrected chi connectivity index (χ4v) is 6.12. The van der Waals surface area contributed by atoms with Crippen molar-refractivity contribution < 1.29 is 0 Å². The van der Waals surface area contributed by atoms with Crippen LogP contribution in [0.1, 0.15) is 82.8 Å². The molecule has 122 valence electrons. The van der Waals surface area contributed by atoms with Gasteiger partial charge in [0.2, 0.25) is 0 Å². The Labute approximate surface area is 134 Å². The normalized spacial score (nSPS) is 36.2. The van der Waals surface area contributed by atoms with Gasteiger partial charge in [-0.25, -0.2) is 0 Å². The number of hydrogen-bond donors (Lipinski definition) is 0. The Bertz CT molecular complexity index is 495. The van der Waals surface area contributed by atoms with Gasteiger partial charge < -0.3 is 4.57 Å². The average Bonchev–Trinajstić information content (AvgIpc) is 2.84. The summed E-state index contributed by atoms with van der Waals surface area (Å²) in [6.45, 7) is 5.57. The highest BCUT2D eigenvalue weighted by molar-refractivity contribution is 5.18. The van der Waals surface area contributed by atoms with Crippen LogP contribution >= 0.6 is 0 Å². The minimum Gasteiger partial charge on any atom is -0.315 e. The van der Waals surface area contributed by atoms with E-state index in [2.05, 4.69) is 23.5 Å². The summed E-state index contributed by atoms with van der Waals surface area (Å²) < 4.78 is 2.49. The van der Waals surface area contributed by atoms with Gasteiger partial charge in [-0.05, 0) is 69.6 Å². The fourth-order valence-electron chi connectivity index (χ4n) is 6.12. The summed E-state index contributed by atoms with van der Waals surface area (Å²) in [6, 6.07) is 0. The van der Waals surface area contributed by atoms with Crippen LogP contribution in [0, 0.1) is 24.7 Å². The van der Waals surface area contributed by atoms with Gasteiger partial charge in [0.25, 0.3) is 0 Å². The molecule has 3 nitrogen and oxygen atoms in total. The predicted molar refractivity (Wildman–Crippen MR) is 88.8 cm³/mol. The highest BCUT2D eigenvalue weighted by atomic mass is 15.3. The quantitative estimate of drug-likeness (QED) is 0.717. The zero-order chi connectivity index (χ0) is 15.2. The predicted octanol–water partition coefficient (Wildman–Crippen LogP) is 4.63. The van der Waals surface area contributed by atoms with Crippen molar-refractivity contribution in [1.29, 1.82) is 0 Å². The molecule has 0 aromatic carbocycles. The van der Waals surface area contributed by atoms with Crippen LogP contribution in [0.25, 0.3) is 0 Å². The lowest BCUT2D eigenvalue weighted by molar-refractivity contribution is -0.0112. The molecule has 0 amide bonds. The van der Waals surface area contributed by atoms with Crippen LogP contribution in [0.3, 0.4) is 0 Å². The molecule has 22 heavy (non-hydrogen) atoms. The van der Waals surface area contributed by atoms with Gasteiger partial charge in [-0.3, -0.25) is 0 Å². The number of nitrogens with zero attached hydrogens (tertiary/aromatic N) is 3. The largest absolute Gasteiger partial charge is 0.315 e. The van der Waals surface area contributed by atoms with Crippen molar-refractivity contribution in [1.82, 2.24) is 14.8 Å². The third-order valence-electron chi connectivity index (χ3n) is 6.68. The van der Waals surface area contributed by atoms with Gasteiger partial charge in [0.05, 0.1) is 0 Å². The molecule has 4 aliphatic carbocycles. The molecule has 1 aromatic rings. The first-order valence-corrected chi connectivity index (χ1v) is 9.60. The number of aromatic nitrogens is 3. The van der Waals surface area contributed by atoms with E-state index in [4.69, 9.17) is 5.10 Å². The van der Waals surface area contributed by atoms with Crippen molar-refractivity contribution in [3.63, 3.8) is 0 Å². The van der Waals surface area contributed by atoms with Crippen LogP contribution in [-0.2, 0) is 12.0 Å². The minimum atomic E-state index is 0.390. The Kier molecular flexibility index (Phi) is 3.78. The fraction of sp³-hybridized carbons (Fsp3) is 0.895. The Morgan fingerprint density at radius 1 is 0.955 bits per heavy atom. The van der Waals surface area contributed by atoms with Crippen molar-refractivity contribution in [2.45, 2.75) is 90.0 Å². The zero-order valence-corrected chi connectivity index (χ0v) is 14.4. The SMILES string of the molecule is CCCCCCn1c(C)nnc1C12CC3CC(CC(C3)C1)C2. The van der Waals surface area contributed by atoms with Gasteiger partial charge in [0.1, 0.15) is 11.6 Å². The van der Waals surface area contributed by atoms with Crippen molar-refractivity contribution >= 4 is 0 Å². The van der Waals surface area contributed by atoms with Gasteiger partial charge in [0, 0.05) is 12.0 Å². The van der Waals surface area contributed by atoms with Gasteiger partial charge >= 0.3 is 0 Å². The van der Waals surface area contributed by atoms with Crippen LogP contribution < -0.4 is 0 Å². The molecule has 4 fully saturated rings. The highest BCUT2D eigenvalue weighted by Gasteiger charge is 2.53. The maximum Gasteiger partial charge on any atom is 0.139 e. The summed E-state index contributed by atoms with van der Waals surface area (Å²) in [5.74, 6) is 5.45. The molecule has 4 aliphatic rings. The molecule has 0 saturated heterocycles. The Morgan fingerprint density at radius 3 is 2.18 bits per heavy atom. The van der Waals surface area contributed by atoms with E-state index < -0.39 is 0 Å². The van der Waals surface area contributed by atoms with Gasteiger partial charge in [-0.1, -0.05) is 26.2 Å². The molecule has 3 heteroatoms. The second-order valence-electron chi connectivity index (χ2n) is 8.48. The summed E-state index contributed by atoms with van der Waals surface area (Å²) in [5, 5.41) is 9.20. The molecule has 0 radical (unpaired) electrons. The number of unbranched alkanes of at least 4 members (excludes halogenated alkanes) is 3. The number of hydrogen-bond acceptors (Lipinski definition) is 2.